The maximum absolute atomic E-state index is 14.8. The molecule has 4 rings (SSSR count). The minimum Gasteiger partial charge on any atom is -0.493 e. The van der Waals surface area contributed by atoms with Gasteiger partial charge in [-0.05, 0) is 48.4 Å². The Hall–Kier alpha value is -4.66. The predicted octanol–water partition coefficient (Wildman–Crippen LogP) is 9.17. The SMILES string of the molecule is CCCCOc1cc(F)c(C#Cc2cc(F)c(C(F)(F)Oc3ccc(-c4cc(F)c(F)c(F)c4)c(F)c3)c(F)c2)c(F)c1. The average Bonchev–Trinajstić information content (AvgIpc) is 2.90. The van der Waals surface area contributed by atoms with Crippen LogP contribution in [0.1, 0.15) is 36.5 Å². The van der Waals surface area contributed by atoms with Gasteiger partial charge in [-0.25, -0.2) is 35.1 Å². The fraction of sp³-hybridized carbons (Fsp3) is 0.161. The monoisotopic (exact) mass is 612 g/mol. The van der Waals surface area contributed by atoms with Gasteiger partial charge in [-0.15, -0.1) is 0 Å². The second-order valence-corrected chi connectivity index (χ2v) is 9.04. The number of rotatable bonds is 8. The first kappa shape index (κ1) is 31.3. The lowest BCUT2D eigenvalue weighted by Gasteiger charge is -2.20. The third kappa shape index (κ3) is 7.05. The van der Waals surface area contributed by atoms with E-state index in [-0.39, 0.29) is 12.4 Å². The highest BCUT2D eigenvalue weighted by Gasteiger charge is 2.41. The van der Waals surface area contributed by atoms with Gasteiger partial charge in [0.05, 0.1) is 12.2 Å². The highest BCUT2D eigenvalue weighted by Crippen LogP contribution is 2.37. The van der Waals surface area contributed by atoms with Crippen molar-refractivity contribution in [2.75, 3.05) is 6.61 Å². The van der Waals surface area contributed by atoms with Crippen molar-refractivity contribution in [3.8, 4) is 34.5 Å². The van der Waals surface area contributed by atoms with Crippen LogP contribution in [0.15, 0.2) is 54.6 Å². The molecule has 12 heteroatoms. The number of halogens is 10. The van der Waals surface area contributed by atoms with Crippen molar-refractivity contribution in [2.24, 2.45) is 0 Å². The van der Waals surface area contributed by atoms with Gasteiger partial charge in [0.1, 0.15) is 46.1 Å². The van der Waals surface area contributed by atoms with Crippen LogP contribution < -0.4 is 9.47 Å². The largest absolute Gasteiger partial charge is 0.493 e. The van der Waals surface area contributed by atoms with Crippen LogP contribution in [0.5, 0.6) is 11.5 Å². The first-order valence-corrected chi connectivity index (χ1v) is 12.5. The van der Waals surface area contributed by atoms with E-state index in [1.54, 1.807) is 0 Å². The van der Waals surface area contributed by atoms with Crippen molar-refractivity contribution >= 4 is 0 Å². The molecule has 2 nitrogen and oxygen atoms in total. The number of hydrogen-bond acceptors (Lipinski definition) is 2. The molecule has 0 bridgehead atoms. The molecule has 0 unspecified atom stereocenters. The van der Waals surface area contributed by atoms with Gasteiger partial charge in [0.15, 0.2) is 17.5 Å². The Morgan fingerprint density at radius 2 is 1.23 bits per heavy atom. The smallest absolute Gasteiger partial charge is 0.432 e. The van der Waals surface area contributed by atoms with Crippen molar-refractivity contribution in [1.82, 2.24) is 0 Å². The zero-order chi connectivity index (χ0) is 31.5. The second kappa shape index (κ2) is 12.7. The summed E-state index contributed by atoms with van der Waals surface area (Å²) in [5.41, 5.74) is -4.16. The van der Waals surface area contributed by atoms with Crippen molar-refractivity contribution in [2.45, 2.75) is 25.9 Å². The lowest BCUT2D eigenvalue weighted by atomic mass is 10.0. The van der Waals surface area contributed by atoms with E-state index < -0.39 is 86.2 Å². The van der Waals surface area contributed by atoms with Crippen LogP contribution >= 0.6 is 0 Å². The van der Waals surface area contributed by atoms with Gasteiger partial charge in [-0.3, -0.25) is 0 Å². The second-order valence-electron chi connectivity index (χ2n) is 9.04. The van der Waals surface area contributed by atoms with E-state index in [4.69, 9.17) is 4.74 Å². The molecule has 0 spiro atoms. The summed E-state index contributed by atoms with van der Waals surface area (Å²) in [5, 5.41) is 0. The summed E-state index contributed by atoms with van der Waals surface area (Å²) in [6, 6.07) is 5.31. The van der Waals surface area contributed by atoms with Crippen molar-refractivity contribution < 1.29 is 53.4 Å². The molecule has 0 saturated heterocycles. The maximum Gasteiger partial charge on any atom is 0.432 e. The quantitative estimate of drug-likeness (QED) is 0.0855. The summed E-state index contributed by atoms with van der Waals surface area (Å²) < 4.78 is 152. The van der Waals surface area contributed by atoms with E-state index in [0.717, 1.165) is 30.7 Å². The lowest BCUT2D eigenvalue weighted by molar-refractivity contribution is -0.189. The molecule has 0 aliphatic carbocycles. The average molecular weight is 612 g/mol. The molecule has 0 fully saturated rings. The molecule has 224 valence electrons. The lowest BCUT2D eigenvalue weighted by Crippen LogP contribution is -2.25. The zero-order valence-corrected chi connectivity index (χ0v) is 21.9. The van der Waals surface area contributed by atoms with Gasteiger partial charge in [-0.1, -0.05) is 25.2 Å². The summed E-state index contributed by atoms with van der Waals surface area (Å²) in [7, 11) is 0. The third-order valence-corrected chi connectivity index (χ3v) is 5.93. The molecule has 0 atom stereocenters. The summed E-state index contributed by atoms with van der Waals surface area (Å²) >= 11 is 0. The number of hydrogen-bond donors (Lipinski definition) is 0. The van der Waals surface area contributed by atoms with Crippen LogP contribution in [-0.2, 0) is 6.11 Å². The first-order chi connectivity index (χ1) is 20.3. The van der Waals surface area contributed by atoms with Gasteiger partial charge in [0.2, 0.25) is 0 Å². The molecule has 4 aromatic rings. The molecule has 0 aromatic heterocycles. The van der Waals surface area contributed by atoms with Crippen LogP contribution in [0.2, 0.25) is 0 Å². The topological polar surface area (TPSA) is 18.5 Å². The first-order valence-electron chi connectivity index (χ1n) is 12.5. The fourth-order valence-corrected chi connectivity index (χ4v) is 3.85. The maximum atomic E-state index is 14.8. The number of benzene rings is 4. The van der Waals surface area contributed by atoms with E-state index in [2.05, 4.69) is 16.6 Å². The minimum atomic E-state index is -4.71. The van der Waals surface area contributed by atoms with Crippen LogP contribution in [-0.4, -0.2) is 6.61 Å². The number of unbranched alkanes of at least 4 members (excludes halogenated alkanes) is 1. The van der Waals surface area contributed by atoms with E-state index in [1.165, 1.54) is 0 Å². The van der Waals surface area contributed by atoms with E-state index in [0.29, 0.717) is 36.8 Å². The molecular weight excluding hydrogens is 594 g/mol. The molecule has 0 aliphatic heterocycles. The highest BCUT2D eigenvalue weighted by atomic mass is 19.3. The number of ether oxygens (including phenoxy) is 2. The summed E-state index contributed by atoms with van der Waals surface area (Å²) in [4.78, 5) is 0. The van der Waals surface area contributed by atoms with Crippen LogP contribution in [0.4, 0.5) is 43.9 Å². The van der Waals surface area contributed by atoms with Gasteiger partial charge >= 0.3 is 6.11 Å². The zero-order valence-electron chi connectivity index (χ0n) is 21.9. The van der Waals surface area contributed by atoms with E-state index in [9.17, 15) is 43.9 Å². The Morgan fingerprint density at radius 1 is 0.651 bits per heavy atom. The van der Waals surface area contributed by atoms with Crippen molar-refractivity contribution in [1.29, 1.82) is 0 Å². The third-order valence-electron chi connectivity index (χ3n) is 5.93. The summed E-state index contributed by atoms with van der Waals surface area (Å²) in [6.07, 6.45) is -3.28. The van der Waals surface area contributed by atoms with E-state index in [1.807, 2.05) is 6.92 Å². The molecule has 43 heavy (non-hydrogen) atoms. The highest BCUT2D eigenvalue weighted by molar-refractivity contribution is 5.65. The fourth-order valence-electron chi connectivity index (χ4n) is 3.85. The Labute approximate surface area is 238 Å². The number of alkyl halides is 2. The minimum absolute atomic E-state index is 0.0922. The molecule has 4 aromatic carbocycles. The summed E-state index contributed by atoms with van der Waals surface area (Å²) in [5.74, 6) is -9.16. The van der Waals surface area contributed by atoms with Crippen molar-refractivity contribution in [3.05, 3.63) is 118 Å². The standard InChI is InChI=1S/C31H18F10O2/c1-2-3-8-42-19-14-23(33)21(24(34)15-19)6-4-16-9-25(35)29(26(36)10-16)31(40,41)43-18-5-7-20(22(32)13-18)17-11-27(37)30(39)28(38)12-17/h5,7,9-15H,2-3,8H2,1H3. The molecule has 0 amide bonds. The van der Waals surface area contributed by atoms with Gasteiger partial charge < -0.3 is 9.47 Å². The molecule has 0 N–H and O–H groups in total. The van der Waals surface area contributed by atoms with Crippen LogP contribution in [0.25, 0.3) is 11.1 Å². The van der Waals surface area contributed by atoms with Crippen LogP contribution in [0.3, 0.4) is 0 Å². The normalized spacial score (nSPS) is 11.2. The van der Waals surface area contributed by atoms with Crippen molar-refractivity contribution in [3.63, 3.8) is 0 Å². The summed E-state index contributed by atoms with van der Waals surface area (Å²) in [6.45, 7) is 2.11. The van der Waals surface area contributed by atoms with Gasteiger partial charge in [-0.2, -0.15) is 8.78 Å². The molecule has 0 aliphatic rings. The Bertz CT molecular complexity index is 1670. The Morgan fingerprint density at radius 3 is 1.79 bits per heavy atom. The molecule has 0 radical (unpaired) electrons. The molecule has 0 saturated carbocycles. The van der Waals surface area contributed by atoms with Gasteiger partial charge in [0.25, 0.3) is 0 Å². The molecule has 0 heterocycles. The van der Waals surface area contributed by atoms with Crippen LogP contribution in [0, 0.1) is 58.4 Å². The molecular formula is C31H18F10O2. The van der Waals surface area contributed by atoms with Gasteiger partial charge in [0, 0.05) is 29.3 Å². The predicted molar refractivity (Wildman–Crippen MR) is 135 cm³/mol. The Kier molecular flexibility index (Phi) is 9.23. The Balaban J connectivity index is 1.57. The van der Waals surface area contributed by atoms with E-state index >= 15 is 0 Å².